The van der Waals surface area contributed by atoms with Gasteiger partial charge in [0.15, 0.2) is 11.6 Å². The van der Waals surface area contributed by atoms with Crippen molar-refractivity contribution in [2.24, 2.45) is 0 Å². The Bertz CT molecular complexity index is 861. The summed E-state index contributed by atoms with van der Waals surface area (Å²) in [6.45, 7) is -0.174. The molecular weight excluding hydrogens is 359 g/mol. The number of halogens is 3. The van der Waals surface area contributed by atoms with E-state index in [9.17, 15) is 26.4 Å². The second kappa shape index (κ2) is 8.08. The first kappa shape index (κ1) is 18.9. The number of hydrogen-bond donors (Lipinski definition) is 2. The van der Waals surface area contributed by atoms with Gasteiger partial charge in [0.25, 0.3) is 0 Å². The maximum atomic E-state index is 13.4. The Morgan fingerprint density at radius 1 is 1.08 bits per heavy atom. The van der Waals surface area contributed by atoms with E-state index in [0.717, 1.165) is 0 Å². The van der Waals surface area contributed by atoms with Crippen LogP contribution in [-0.2, 0) is 21.2 Å². The standard InChI is InChI=1S/C15H14F3N3O3S/c16-12-8-14(18)13(17)6-10(12)7-15(22)20-4-5-21-25(23,24)11-2-1-3-19-9-11/h1-3,6,8-9,21H,4-5,7H2,(H,20,22). The van der Waals surface area contributed by atoms with E-state index < -0.39 is 39.8 Å². The molecule has 10 heteroatoms. The molecule has 0 radical (unpaired) electrons. The molecule has 25 heavy (non-hydrogen) atoms. The Morgan fingerprint density at radius 2 is 1.80 bits per heavy atom. The van der Waals surface area contributed by atoms with Gasteiger partial charge in [-0.05, 0) is 18.2 Å². The van der Waals surface area contributed by atoms with Gasteiger partial charge in [-0.15, -0.1) is 0 Å². The van der Waals surface area contributed by atoms with Gasteiger partial charge in [-0.1, -0.05) is 0 Å². The quantitative estimate of drug-likeness (QED) is 0.563. The highest BCUT2D eigenvalue weighted by molar-refractivity contribution is 7.89. The molecule has 0 saturated heterocycles. The normalized spacial score (nSPS) is 11.3. The van der Waals surface area contributed by atoms with Gasteiger partial charge in [0, 0.05) is 37.1 Å². The van der Waals surface area contributed by atoms with Gasteiger partial charge in [0.2, 0.25) is 15.9 Å². The van der Waals surface area contributed by atoms with Crippen LogP contribution < -0.4 is 10.0 Å². The van der Waals surface area contributed by atoms with Crippen LogP contribution in [-0.4, -0.2) is 32.4 Å². The molecule has 0 aliphatic rings. The van der Waals surface area contributed by atoms with E-state index in [2.05, 4.69) is 15.0 Å². The fraction of sp³-hybridized carbons (Fsp3) is 0.200. The minimum absolute atomic E-state index is 0.0230. The maximum absolute atomic E-state index is 13.4. The predicted octanol–water partition coefficient (Wildman–Crippen LogP) is 1.14. The summed E-state index contributed by atoms with van der Waals surface area (Å²) in [5.74, 6) is -4.29. The minimum atomic E-state index is -3.75. The van der Waals surface area contributed by atoms with Crippen molar-refractivity contribution in [2.45, 2.75) is 11.3 Å². The SMILES string of the molecule is O=C(Cc1cc(F)c(F)cc1F)NCCNS(=O)(=O)c1cccnc1. The second-order valence-corrected chi connectivity index (χ2v) is 6.74. The van der Waals surface area contributed by atoms with E-state index in [0.29, 0.717) is 12.1 Å². The highest BCUT2D eigenvalue weighted by atomic mass is 32.2. The number of nitrogens with one attached hydrogen (secondary N) is 2. The van der Waals surface area contributed by atoms with Crippen molar-refractivity contribution in [3.63, 3.8) is 0 Å². The predicted molar refractivity (Wildman–Crippen MR) is 82.5 cm³/mol. The third-order valence-corrected chi connectivity index (χ3v) is 4.57. The van der Waals surface area contributed by atoms with Gasteiger partial charge < -0.3 is 5.32 Å². The van der Waals surface area contributed by atoms with Gasteiger partial charge >= 0.3 is 0 Å². The number of aromatic nitrogens is 1. The number of amides is 1. The van der Waals surface area contributed by atoms with Crippen LogP contribution >= 0.6 is 0 Å². The summed E-state index contributed by atoms with van der Waals surface area (Å²) < 4.78 is 65.3. The molecule has 134 valence electrons. The molecule has 6 nitrogen and oxygen atoms in total. The van der Waals surface area contributed by atoms with Crippen molar-refractivity contribution in [1.29, 1.82) is 0 Å². The number of rotatable bonds is 7. The van der Waals surface area contributed by atoms with Crippen molar-refractivity contribution < 1.29 is 26.4 Å². The minimum Gasteiger partial charge on any atom is -0.354 e. The van der Waals surface area contributed by atoms with E-state index in [-0.39, 0.29) is 23.5 Å². The van der Waals surface area contributed by atoms with Gasteiger partial charge in [0.05, 0.1) is 6.42 Å². The summed E-state index contributed by atoms with van der Waals surface area (Å²) in [4.78, 5) is 15.3. The number of sulfonamides is 1. The van der Waals surface area contributed by atoms with E-state index in [4.69, 9.17) is 0 Å². The molecule has 0 aliphatic heterocycles. The van der Waals surface area contributed by atoms with Crippen molar-refractivity contribution in [1.82, 2.24) is 15.0 Å². The number of nitrogens with zero attached hydrogens (tertiary/aromatic N) is 1. The highest BCUT2D eigenvalue weighted by Gasteiger charge is 2.15. The molecule has 2 N–H and O–H groups in total. The van der Waals surface area contributed by atoms with Crippen molar-refractivity contribution in [3.05, 3.63) is 59.7 Å². The van der Waals surface area contributed by atoms with Crippen molar-refractivity contribution >= 4 is 15.9 Å². The summed E-state index contributed by atoms with van der Waals surface area (Å²) in [7, 11) is -3.75. The van der Waals surface area contributed by atoms with E-state index in [1.54, 1.807) is 0 Å². The monoisotopic (exact) mass is 373 g/mol. The molecular formula is C15H14F3N3O3S. The molecule has 0 aliphatic carbocycles. The molecule has 1 aromatic carbocycles. The lowest BCUT2D eigenvalue weighted by Crippen LogP contribution is -2.35. The van der Waals surface area contributed by atoms with Crippen LogP contribution in [0.4, 0.5) is 13.2 Å². The topological polar surface area (TPSA) is 88.2 Å². The van der Waals surface area contributed by atoms with Crippen LogP contribution in [0.25, 0.3) is 0 Å². The highest BCUT2D eigenvalue weighted by Crippen LogP contribution is 2.14. The lowest BCUT2D eigenvalue weighted by Gasteiger charge is -2.08. The summed E-state index contributed by atoms with van der Waals surface area (Å²) in [5.41, 5.74) is -0.299. The Labute approximate surface area is 142 Å². The Hall–Kier alpha value is -2.46. The maximum Gasteiger partial charge on any atom is 0.242 e. The number of carbonyl (C=O) groups is 1. The zero-order chi connectivity index (χ0) is 18.4. The van der Waals surface area contributed by atoms with Crippen LogP contribution in [0.5, 0.6) is 0 Å². The number of hydrogen-bond acceptors (Lipinski definition) is 4. The first-order valence-electron chi connectivity index (χ1n) is 7.09. The number of pyridine rings is 1. The Balaban J connectivity index is 1.82. The van der Waals surface area contributed by atoms with Gasteiger partial charge in [0.1, 0.15) is 10.7 Å². The third-order valence-electron chi connectivity index (χ3n) is 3.12. The van der Waals surface area contributed by atoms with Crippen molar-refractivity contribution in [2.75, 3.05) is 13.1 Å². The smallest absolute Gasteiger partial charge is 0.242 e. The Morgan fingerprint density at radius 3 is 2.48 bits per heavy atom. The van der Waals surface area contributed by atoms with Crippen LogP contribution in [0.1, 0.15) is 5.56 Å². The largest absolute Gasteiger partial charge is 0.354 e. The summed E-state index contributed by atoms with van der Waals surface area (Å²) >= 11 is 0. The van der Waals surface area contributed by atoms with Crippen LogP contribution in [0.3, 0.4) is 0 Å². The van der Waals surface area contributed by atoms with Crippen molar-refractivity contribution in [3.8, 4) is 0 Å². The van der Waals surface area contributed by atoms with Crippen LogP contribution in [0.15, 0.2) is 41.6 Å². The Kier molecular flexibility index (Phi) is 6.10. The van der Waals surface area contributed by atoms with Gasteiger partial charge in [-0.3, -0.25) is 9.78 Å². The van der Waals surface area contributed by atoms with Crippen LogP contribution in [0, 0.1) is 17.5 Å². The molecule has 1 amide bonds. The molecule has 2 rings (SSSR count). The molecule has 0 saturated carbocycles. The fourth-order valence-corrected chi connectivity index (χ4v) is 2.91. The number of benzene rings is 1. The molecule has 0 unspecified atom stereocenters. The lowest BCUT2D eigenvalue weighted by atomic mass is 10.1. The zero-order valence-electron chi connectivity index (χ0n) is 12.8. The molecule has 0 bridgehead atoms. The average Bonchev–Trinajstić information content (AvgIpc) is 2.57. The average molecular weight is 373 g/mol. The van der Waals surface area contributed by atoms with Crippen LogP contribution in [0.2, 0.25) is 0 Å². The van der Waals surface area contributed by atoms with Gasteiger partial charge in [-0.25, -0.2) is 26.3 Å². The molecule has 1 aromatic heterocycles. The second-order valence-electron chi connectivity index (χ2n) is 4.97. The zero-order valence-corrected chi connectivity index (χ0v) is 13.6. The summed E-state index contributed by atoms with van der Waals surface area (Å²) in [5, 5.41) is 2.35. The first-order valence-corrected chi connectivity index (χ1v) is 8.58. The first-order chi connectivity index (χ1) is 11.8. The molecule has 0 fully saturated rings. The fourth-order valence-electron chi connectivity index (χ4n) is 1.91. The third kappa shape index (κ3) is 5.26. The molecule has 0 atom stereocenters. The molecule has 1 heterocycles. The van der Waals surface area contributed by atoms with Gasteiger partial charge in [-0.2, -0.15) is 0 Å². The van der Waals surface area contributed by atoms with E-state index >= 15 is 0 Å². The number of carbonyl (C=O) groups excluding carboxylic acids is 1. The molecule has 0 spiro atoms. The molecule has 2 aromatic rings. The van der Waals surface area contributed by atoms with E-state index in [1.807, 2.05) is 0 Å². The van der Waals surface area contributed by atoms with E-state index in [1.165, 1.54) is 24.5 Å². The lowest BCUT2D eigenvalue weighted by molar-refractivity contribution is -0.120. The summed E-state index contributed by atoms with van der Waals surface area (Å²) in [6.07, 6.45) is 2.10. The summed E-state index contributed by atoms with van der Waals surface area (Å²) in [6, 6.07) is 3.79.